The average molecular weight is 290 g/mol. The summed E-state index contributed by atoms with van der Waals surface area (Å²) in [7, 11) is 1.59. The Hall–Kier alpha value is -1.88. The number of primary amides is 1. The monoisotopic (exact) mass is 290 g/mol. The maximum Gasteiger partial charge on any atom is 0.221 e. The Morgan fingerprint density at radius 1 is 1.29 bits per heavy atom. The molecule has 1 aliphatic rings. The highest BCUT2D eigenvalue weighted by molar-refractivity contribution is 5.97. The maximum atomic E-state index is 12.3. The molecular formula is C16H22N2O3. The van der Waals surface area contributed by atoms with E-state index in [9.17, 15) is 9.59 Å². The second kappa shape index (κ2) is 6.72. The van der Waals surface area contributed by atoms with E-state index in [0.717, 1.165) is 18.6 Å². The van der Waals surface area contributed by atoms with Gasteiger partial charge in [0.25, 0.3) is 0 Å². The van der Waals surface area contributed by atoms with Gasteiger partial charge in [0.2, 0.25) is 5.91 Å². The predicted molar refractivity (Wildman–Crippen MR) is 80.3 cm³/mol. The zero-order valence-electron chi connectivity index (χ0n) is 12.5. The van der Waals surface area contributed by atoms with Crippen LogP contribution in [0.5, 0.6) is 5.75 Å². The number of rotatable bonds is 5. The fourth-order valence-corrected chi connectivity index (χ4v) is 2.68. The van der Waals surface area contributed by atoms with Crippen molar-refractivity contribution in [1.29, 1.82) is 0 Å². The van der Waals surface area contributed by atoms with E-state index < -0.39 is 0 Å². The second-order valence-electron chi connectivity index (χ2n) is 5.61. The molecule has 1 saturated heterocycles. The molecule has 0 spiro atoms. The molecule has 1 amide bonds. The highest BCUT2D eigenvalue weighted by atomic mass is 16.5. The van der Waals surface area contributed by atoms with E-state index in [0.29, 0.717) is 24.7 Å². The molecule has 1 aromatic rings. The van der Waals surface area contributed by atoms with Gasteiger partial charge in [-0.3, -0.25) is 14.5 Å². The summed E-state index contributed by atoms with van der Waals surface area (Å²) in [5.74, 6) is 0.356. The van der Waals surface area contributed by atoms with Crippen molar-refractivity contribution >= 4 is 11.7 Å². The number of amides is 1. The molecule has 21 heavy (non-hydrogen) atoms. The van der Waals surface area contributed by atoms with Crippen molar-refractivity contribution in [1.82, 2.24) is 4.90 Å². The van der Waals surface area contributed by atoms with Gasteiger partial charge in [0.15, 0.2) is 5.78 Å². The number of nitrogens with two attached hydrogens (primary N) is 1. The SMILES string of the molecule is COc1ccc(C(=O)CN2CC(C(N)=O)CCC2C)cc1. The molecule has 0 radical (unpaired) electrons. The molecule has 2 unspecified atom stereocenters. The summed E-state index contributed by atoms with van der Waals surface area (Å²) in [4.78, 5) is 25.7. The van der Waals surface area contributed by atoms with Crippen molar-refractivity contribution in [3.63, 3.8) is 0 Å². The lowest BCUT2D eigenvalue weighted by Crippen LogP contribution is -2.47. The molecule has 1 aliphatic heterocycles. The molecule has 114 valence electrons. The van der Waals surface area contributed by atoms with E-state index in [2.05, 4.69) is 6.92 Å². The van der Waals surface area contributed by atoms with Crippen LogP contribution in [0.2, 0.25) is 0 Å². The first-order valence-electron chi connectivity index (χ1n) is 7.22. The maximum absolute atomic E-state index is 12.3. The molecule has 1 aromatic carbocycles. The first-order chi connectivity index (χ1) is 10.0. The van der Waals surface area contributed by atoms with Crippen LogP contribution in [0.25, 0.3) is 0 Å². The third-order valence-electron chi connectivity index (χ3n) is 4.17. The summed E-state index contributed by atoms with van der Waals surface area (Å²) in [5.41, 5.74) is 6.04. The summed E-state index contributed by atoms with van der Waals surface area (Å²) in [6, 6.07) is 7.38. The van der Waals surface area contributed by atoms with Crippen LogP contribution < -0.4 is 10.5 Å². The van der Waals surface area contributed by atoms with Crippen LogP contribution >= 0.6 is 0 Å². The largest absolute Gasteiger partial charge is 0.497 e. The molecule has 2 atom stereocenters. The molecule has 0 aromatic heterocycles. The predicted octanol–water partition coefficient (Wildman–Crippen LogP) is 1.46. The van der Waals surface area contributed by atoms with Gasteiger partial charge in [-0.1, -0.05) is 0 Å². The van der Waals surface area contributed by atoms with E-state index in [1.54, 1.807) is 31.4 Å². The summed E-state index contributed by atoms with van der Waals surface area (Å²) in [6.07, 6.45) is 1.70. The Balaban J connectivity index is 2.01. The molecule has 1 heterocycles. The number of ether oxygens (including phenoxy) is 1. The second-order valence-corrected chi connectivity index (χ2v) is 5.61. The number of ketones is 1. The number of methoxy groups -OCH3 is 1. The molecule has 0 saturated carbocycles. The minimum Gasteiger partial charge on any atom is -0.497 e. The van der Waals surface area contributed by atoms with Crippen molar-refractivity contribution in [2.24, 2.45) is 11.7 Å². The molecule has 0 bridgehead atoms. The number of hydrogen-bond donors (Lipinski definition) is 1. The number of piperidine rings is 1. The van der Waals surface area contributed by atoms with Crippen LogP contribution in [0.3, 0.4) is 0 Å². The van der Waals surface area contributed by atoms with Crippen LogP contribution in [0.1, 0.15) is 30.1 Å². The number of carbonyl (C=O) groups is 2. The zero-order valence-corrected chi connectivity index (χ0v) is 12.5. The molecule has 2 N–H and O–H groups in total. The van der Waals surface area contributed by atoms with E-state index >= 15 is 0 Å². The molecule has 5 heteroatoms. The number of likely N-dealkylation sites (tertiary alicyclic amines) is 1. The van der Waals surface area contributed by atoms with Crippen LogP contribution in [-0.2, 0) is 4.79 Å². The third kappa shape index (κ3) is 3.82. The first kappa shape index (κ1) is 15.5. The van der Waals surface area contributed by atoms with Crippen molar-refractivity contribution in [2.45, 2.75) is 25.8 Å². The van der Waals surface area contributed by atoms with Crippen molar-refractivity contribution in [3.8, 4) is 5.75 Å². The molecule has 1 fully saturated rings. The Bertz CT molecular complexity index is 513. The number of carbonyl (C=O) groups excluding carboxylic acids is 2. The van der Waals surface area contributed by atoms with Crippen molar-refractivity contribution < 1.29 is 14.3 Å². The minimum absolute atomic E-state index is 0.0506. The lowest BCUT2D eigenvalue weighted by atomic mass is 9.92. The fraction of sp³-hybridized carbons (Fsp3) is 0.500. The normalized spacial score (nSPS) is 22.8. The van der Waals surface area contributed by atoms with Gasteiger partial charge in [-0.2, -0.15) is 0 Å². The number of benzene rings is 1. The van der Waals surface area contributed by atoms with Gasteiger partial charge in [-0.15, -0.1) is 0 Å². The molecular weight excluding hydrogens is 268 g/mol. The summed E-state index contributed by atoms with van der Waals surface area (Å²) in [6.45, 7) is 2.97. The minimum atomic E-state index is -0.274. The first-order valence-corrected chi connectivity index (χ1v) is 7.22. The highest BCUT2D eigenvalue weighted by Crippen LogP contribution is 2.22. The van der Waals surface area contributed by atoms with Gasteiger partial charge in [-0.05, 0) is 44.0 Å². The van der Waals surface area contributed by atoms with E-state index in [1.165, 1.54) is 0 Å². The Morgan fingerprint density at radius 3 is 2.52 bits per heavy atom. The van der Waals surface area contributed by atoms with Gasteiger partial charge < -0.3 is 10.5 Å². The van der Waals surface area contributed by atoms with Gasteiger partial charge in [-0.25, -0.2) is 0 Å². The van der Waals surface area contributed by atoms with E-state index in [4.69, 9.17) is 10.5 Å². The zero-order chi connectivity index (χ0) is 15.4. The average Bonchev–Trinajstić information content (AvgIpc) is 2.49. The lowest BCUT2D eigenvalue weighted by Gasteiger charge is -2.36. The summed E-state index contributed by atoms with van der Waals surface area (Å²) < 4.78 is 5.08. The molecule has 5 nitrogen and oxygen atoms in total. The number of hydrogen-bond acceptors (Lipinski definition) is 4. The Kier molecular flexibility index (Phi) is 4.96. The van der Waals surface area contributed by atoms with Crippen LogP contribution in [0.4, 0.5) is 0 Å². The van der Waals surface area contributed by atoms with Crippen molar-refractivity contribution in [3.05, 3.63) is 29.8 Å². The van der Waals surface area contributed by atoms with Gasteiger partial charge in [0, 0.05) is 18.2 Å². The highest BCUT2D eigenvalue weighted by Gasteiger charge is 2.29. The fourth-order valence-electron chi connectivity index (χ4n) is 2.68. The van der Waals surface area contributed by atoms with Gasteiger partial charge >= 0.3 is 0 Å². The molecule has 2 rings (SSSR count). The Labute approximate surface area is 125 Å². The molecule has 0 aliphatic carbocycles. The summed E-state index contributed by atoms with van der Waals surface area (Å²) >= 11 is 0. The Morgan fingerprint density at radius 2 is 1.95 bits per heavy atom. The lowest BCUT2D eigenvalue weighted by molar-refractivity contribution is -0.123. The van der Waals surface area contributed by atoms with Crippen LogP contribution in [0, 0.1) is 5.92 Å². The standard InChI is InChI=1S/C16H22N2O3/c1-11-3-4-13(16(17)20)9-18(11)10-15(19)12-5-7-14(21-2)8-6-12/h5-8,11,13H,3-4,9-10H2,1-2H3,(H2,17,20). The van der Waals surface area contributed by atoms with E-state index in [1.807, 2.05) is 4.90 Å². The number of nitrogens with zero attached hydrogens (tertiary/aromatic N) is 1. The summed E-state index contributed by atoms with van der Waals surface area (Å²) in [5, 5.41) is 0. The van der Waals surface area contributed by atoms with Crippen LogP contribution in [0.15, 0.2) is 24.3 Å². The van der Waals surface area contributed by atoms with Crippen molar-refractivity contribution in [2.75, 3.05) is 20.2 Å². The van der Waals surface area contributed by atoms with Gasteiger partial charge in [0.05, 0.1) is 19.6 Å². The topological polar surface area (TPSA) is 72.6 Å². The van der Waals surface area contributed by atoms with E-state index in [-0.39, 0.29) is 17.6 Å². The van der Waals surface area contributed by atoms with Crippen LogP contribution in [-0.4, -0.2) is 42.8 Å². The smallest absolute Gasteiger partial charge is 0.221 e. The number of Topliss-reactive ketones (excluding diaryl/α,β-unsaturated/α-hetero) is 1. The third-order valence-corrected chi connectivity index (χ3v) is 4.17. The quantitative estimate of drug-likeness (QED) is 0.833. The van der Waals surface area contributed by atoms with Gasteiger partial charge in [0.1, 0.15) is 5.75 Å².